The lowest BCUT2D eigenvalue weighted by atomic mass is 10.1. The third kappa shape index (κ3) is 6.41. The average Bonchev–Trinajstić information content (AvgIpc) is 2.53. The zero-order chi connectivity index (χ0) is 15.5. The zero-order valence-electron chi connectivity index (χ0n) is 13.2. The molecule has 0 saturated carbocycles. The minimum Gasteiger partial charge on any atom is -0.462 e. The van der Waals surface area contributed by atoms with E-state index in [0.29, 0.717) is 17.7 Å². The quantitative estimate of drug-likeness (QED) is 0.491. The summed E-state index contributed by atoms with van der Waals surface area (Å²) in [5.41, 5.74) is 0.971. The van der Waals surface area contributed by atoms with Crippen LogP contribution in [0, 0.1) is 0 Å². The molecule has 0 N–H and O–H groups in total. The maximum Gasteiger partial charge on any atom is 0.338 e. The van der Waals surface area contributed by atoms with Gasteiger partial charge in [-0.3, -0.25) is 0 Å². The second kappa shape index (κ2) is 10.5. The molecule has 0 aliphatic heterocycles. The van der Waals surface area contributed by atoms with Crippen molar-refractivity contribution in [3.05, 3.63) is 35.9 Å². The Kier molecular flexibility index (Phi) is 8.97. The van der Waals surface area contributed by atoms with Gasteiger partial charge in [0, 0.05) is 19.8 Å². The van der Waals surface area contributed by atoms with Crippen LogP contribution < -0.4 is 0 Å². The molecular weight excluding hydrogens is 284 g/mol. The van der Waals surface area contributed by atoms with Crippen molar-refractivity contribution in [3.8, 4) is 0 Å². The summed E-state index contributed by atoms with van der Waals surface area (Å²) in [4.78, 5) is 11.9. The van der Waals surface area contributed by atoms with Crippen LogP contribution in [-0.2, 0) is 13.6 Å². The topological polar surface area (TPSA) is 44.8 Å². The number of benzene rings is 1. The number of hydrogen-bond donors (Lipinski definition) is 0. The van der Waals surface area contributed by atoms with Gasteiger partial charge >= 0.3 is 15.3 Å². The van der Waals surface area contributed by atoms with Crippen molar-refractivity contribution in [2.45, 2.75) is 38.1 Å². The molecule has 118 valence electrons. The van der Waals surface area contributed by atoms with Crippen LogP contribution in [0.25, 0.3) is 0 Å². The molecule has 0 amide bonds. The molecule has 0 heterocycles. The molecule has 1 aromatic rings. The van der Waals surface area contributed by atoms with E-state index in [9.17, 15) is 4.79 Å². The predicted octanol–water partition coefficient (Wildman–Crippen LogP) is 3.31. The molecule has 0 saturated heterocycles. The maximum atomic E-state index is 11.9. The first kappa shape index (κ1) is 17.9. The lowest BCUT2D eigenvalue weighted by molar-refractivity contribution is 0.0493. The summed E-state index contributed by atoms with van der Waals surface area (Å²) in [6, 6.07) is 9.07. The number of esters is 1. The Bertz CT molecular complexity index is 393. The molecule has 0 radical (unpaired) electrons. The Morgan fingerprint density at radius 3 is 2.38 bits per heavy atom. The van der Waals surface area contributed by atoms with Crippen molar-refractivity contribution < 1.29 is 18.4 Å². The number of carbonyl (C=O) groups excluding carboxylic acids is 1. The van der Waals surface area contributed by atoms with Crippen LogP contribution in [0.15, 0.2) is 30.3 Å². The van der Waals surface area contributed by atoms with Crippen molar-refractivity contribution in [1.29, 1.82) is 0 Å². The molecule has 1 unspecified atom stereocenters. The van der Waals surface area contributed by atoms with Gasteiger partial charge in [0.1, 0.15) is 0 Å². The van der Waals surface area contributed by atoms with Crippen LogP contribution in [0.3, 0.4) is 0 Å². The highest BCUT2D eigenvalue weighted by atomic mass is 28.3. The SMILES string of the molecule is CCCCC(CCOC(=O)c1ccccc1)[SiH](OC)OC. The zero-order valence-corrected chi connectivity index (χ0v) is 14.4. The smallest absolute Gasteiger partial charge is 0.338 e. The second-order valence-electron chi connectivity index (χ2n) is 5.03. The molecule has 0 aliphatic rings. The van der Waals surface area contributed by atoms with Gasteiger partial charge in [0.15, 0.2) is 0 Å². The van der Waals surface area contributed by atoms with Crippen LogP contribution in [0.5, 0.6) is 0 Å². The summed E-state index contributed by atoms with van der Waals surface area (Å²) in [5, 5.41) is 0. The normalized spacial score (nSPS) is 12.4. The van der Waals surface area contributed by atoms with Crippen molar-refractivity contribution in [2.24, 2.45) is 0 Å². The summed E-state index contributed by atoms with van der Waals surface area (Å²) in [6.45, 7) is 2.58. The van der Waals surface area contributed by atoms with Crippen molar-refractivity contribution in [1.82, 2.24) is 0 Å². The van der Waals surface area contributed by atoms with E-state index in [4.69, 9.17) is 13.6 Å². The van der Waals surface area contributed by atoms with E-state index in [1.165, 1.54) is 0 Å². The standard InChI is InChI=1S/C16H26O4Si/c1-4-5-11-15(21(18-2)19-3)12-13-20-16(17)14-9-7-6-8-10-14/h6-10,15,21H,4-5,11-13H2,1-3H3. The average molecular weight is 310 g/mol. The fourth-order valence-corrected chi connectivity index (χ4v) is 4.20. The Hall–Kier alpha value is -1.17. The largest absolute Gasteiger partial charge is 0.462 e. The number of rotatable bonds is 10. The van der Waals surface area contributed by atoms with Gasteiger partial charge < -0.3 is 13.6 Å². The van der Waals surface area contributed by atoms with E-state index < -0.39 is 9.28 Å². The molecule has 0 fully saturated rings. The number of ether oxygens (including phenoxy) is 1. The third-order valence-corrected chi connectivity index (χ3v) is 5.87. The minimum absolute atomic E-state index is 0.266. The minimum atomic E-state index is -1.67. The van der Waals surface area contributed by atoms with Crippen LogP contribution in [0.1, 0.15) is 43.0 Å². The van der Waals surface area contributed by atoms with Gasteiger partial charge in [-0.15, -0.1) is 0 Å². The van der Waals surface area contributed by atoms with Gasteiger partial charge in [-0.2, -0.15) is 0 Å². The molecule has 0 spiro atoms. The van der Waals surface area contributed by atoms with Gasteiger partial charge in [0.05, 0.1) is 12.2 Å². The molecule has 0 bridgehead atoms. The highest BCUT2D eigenvalue weighted by Crippen LogP contribution is 2.24. The van der Waals surface area contributed by atoms with E-state index in [1.54, 1.807) is 26.4 Å². The highest BCUT2D eigenvalue weighted by molar-refractivity contribution is 6.46. The van der Waals surface area contributed by atoms with Crippen LogP contribution in [-0.4, -0.2) is 36.1 Å². The fourth-order valence-electron chi connectivity index (χ4n) is 2.32. The third-order valence-electron chi connectivity index (χ3n) is 3.51. The first-order valence-electron chi connectivity index (χ1n) is 7.50. The van der Waals surface area contributed by atoms with E-state index in [0.717, 1.165) is 25.7 Å². The van der Waals surface area contributed by atoms with Gasteiger partial charge in [-0.05, 0) is 25.0 Å². The number of hydrogen-bond acceptors (Lipinski definition) is 4. The molecule has 0 aliphatic carbocycles. The monoisotopic (exact) mass is 310 g/mol. The fraction of sp³-hybridized carbons (Fsp3) is 0.562. The molecule has 0 aromatic heterocycles. The lowest BCUT2D eigenvalue weighted by Crippen LogP contribution is -2.27. The van der Waals surface area contributed by atoms with E-state index >= 15 is 0 Å². The van der Waals surface area contributed by atoms with E-state index in [1.807, 2.05) is 18.2 Å². The first-order valence-corrected chi connectivity index (χ1v) is 9.11. The van der Waals surface area contributed by atoms with Gasteiger partial charge in [-0.25, -0.2) is 4.79 Å². The Morgan fingerprint density at radius 2 is 1.81 bits per heavy atom. The number of unbranched alkanes of at least 4 members (excludes halogenated alkanes) is 1. The molecular formula is C16H26O4Si. The summed E-state index contributed by atoms with van der Waals surface area (Å²) in [7, 11) is 1.74. The molecule has 1 aromatic carbocycles. The molecule has 1 atom stereocenters. The maximum absolute atomic E-state index is 11.9. The first-order chi connectivity index (χ1) is 10.2. The molecule has 1 rings (SSSR count). The van der Waals surface area contributed by atoms with Crippen molar-refractivity contribution >= 4 is 15.3 Å². The predicted molar refractivity (Wildman–Crippen MR) is 85.8 cm³/mol. The lowest BCUT2D eigenvalue weighted by Gasteiger charge is -2.22. The summed E-state index contributed by atoms with van der Waals surface area (Å²) >= 11 is 0. The Labute approximate surface area is 129 Å². The second-order valence-corrected chi connectivity index (χ2v) is 7.66. The summed E-state index contributed by atoms with van der Waals surface area (Å²) < 4.78 is 16.3. The molecule has 4 nitrogen and oxygen atoms in total. The molecule has 5 heteroatoms. The van der Waals surface area contributed by atoms with Gasteiger partial charge in [-0.1, -0.05) is 38.0 Å². The summed E-state index contributed by atoms with van der Waals surface area (Å²) in [5.74, 6) is -0.266. The summed E-state index contributed by atoms with van der Waals surface area (Å²) in [6.07, 6.45) is 4.16. The highest BCUT2D eigenvalue weighted by Gasteiger charge is 2.24. The van der Waals surface area contributed by atoms with Crippen LogP contribution >= 0.6 is 0 Å². The van der Waals surface area contributed by atoms with Gasteiger partial charge in [0.25, 0.3) is 0 Å². The van der Waals surface area contributed by atoms with Crippen LogP contribution in [0.4, 0.5) is 0 Å². The van der Waals surface area contributed by atoms with Crippen molar-refractivity contribution in [3.63, 3.8) is 0 Å². The molecule has 21 heavy (non-hydrogen) atoms. The van der Waals surface area contributed by atoms with Crippen LogP contribution in [0.2, 0.25) is 5.54 Å². The van der Waals surface area contributed by atoms with Crippen molar-refractivity contribution in [2.75, 3.05) is 20.8 Å². The number of carbonyl (C=O) groups is 1. The Balaban J connectivity index is 2.43. The van der Waals surface area contributed by atoms with E-state index in [2.05, 4.69) is 6.92 Å². The van der Waals surface area contributed by atoms with E-state index in [-0.39, 0.29) is 5.97 Å². The Morgan fingerprint density at radius 1 is 1.14 bits per heavy atom. The van der Waals surface area contributed by atoms with Gasteiger partial charge in [0.2, 0.25) is 0 Å².